The Morgan fingerprint density at radius 1 is 1.26 bits per heavy atom. The zero-order valence-electron chi connectivity index (χ0n) is 14.1. The maximum Gasteiger partial charge on any atom is 0.139 e. The molecule has 0 radical (unpaired) electrons. The van der Waals surface area contributed by atoms with Gasteiger partial charge in [0.1, 0.15) is 17.5 Å². The van der Waals surface area contributed by atoms with Gasteiger partial charge in [-0.2, -0.15) is 0 Å². The highest BCUT2D eigenvalue weighted by atomic mass is 35.5. The summed E-state index contributed by atoms with van der Waals surface area (Å²) in [7, 11) is 3.93. The summed E-state index contributed by atoms with van der Waals surface area (Å²) in [4.78, 5) is 2.37. The minimum Gasteiger partial charge on any atom is -1.00 e. The van der Waals surface area contributed by atoms with Gasteiger partial charge in [0.15, 0.2) is 0 Å². The molecule has 23 heavy (non-hydrogen) atoms. The lowest BCUT2D eigenvalue weighted by molar-refractivity contribution is -0.581. The van der Waals surface area contributed by atoms with Crippen molar-refractivity contribution in [3.05, 3.63) is 52.3 Å². The fourth-order valence-electron chi connectivity index (χ4n) is 3.97. The van der Waals surface area contributed by atoms with Gasteiger partial charge >= 0.3 is 0 Å². The molecule has 0 bridgehead atoms. The van der Waals surface area contributed by atoms with E-state index in [0.29, 0.717) is 6.04 Å². The number of hydrogen-bond donors (Lipinski definition) is 1. The molecule has 1 atom stereocenters. The maximum atomic E-state index is 5.42. The van der Waals surface area contributed by atoms with E-state index in [1.165, 1.54) is 33.7 Å². The molecule has 1 aromatic rings. The molecule has 4 heteroatoms. The van der Waals surface area contributed by atoms with Gasteiger partial charge in [0.25, 0.3) is 0 Å². The predicted octanol–water partition coefficient (Wildman–Crippen LogP) is -0.401. The average molecular weight is 331 g/mol. The Bertz CT molecular complexity index is 761. The van der Waals surface area contributed by atoms with Crippen LogP contribution in [-0.4, -0.2) is 31.6 Å². The summed E-state index contributed by atoms with van der Waals surface area (Å²) < 4.78 is 5.42. The van der Waals surface area contributed by atoms with Crippen LogP contribution < -0.4 is 22.5 Å². The van der Waals surface area contributed by atoms with Crippen LogP contribution in [0.5, 0.6) is 5.75 Å². The molecule has 1 aromatic carbocycles. The molecule has 0 spiro atoms. The highest BCUT2D eigenvalue weighted by molar-refractivity contribution is 5.85. The Labute approximate surface area is 144 Å². The fraction of sp³-hybridized carbons (Fsp3) is 0.368. The molecule has 0 amide bonds. The Balaban J connectivity index is 0.00000156. The third kappa shape index (κ3) is 2.30. The molecule has 0 saturated carbocycles. The fourth-order valence-corrected chi connectivity index (χ4v) is 3.97. The average Bonchev–Trinajstić information content (AvgIpc) is 2.90. The zero-order valence-corrected chi connectivity index (χ0v) is 14.9. The SMILES string of the molecule is COc1ccc2c(c1)C1=CC3=C(C)N(C)CCC3=C(C)C1[NH2+]2.[Cl-]. The van der Waals surface area contributed by atoms with Crippen LogP contribution in [0.25, 0.3) is 5.57 Å². The molecule has 0 fully saturated rings. The van der Waals surface area contributed by atoms with E-state index in [9.17, 15) is 0 Å². The summed E-state index contributed by atoms with van der Waals surface area (Å²) >= 11 is 0. The summed E-state index contributed by atoms with van der Waals surface area (Å²) in [6.45, 7) is 5.67. The highest BCUT2D eigenvalue weighted by Gasteiger charge is 2.38. The first-order valence-electron chi connectivity index (χ1n) is 7.97. The van der Waals surface area contributed by atoms with E-state index in [2.05, 4.69) is 55.4 Å². The monoisotopic (exact) mass is 330 g/mol. The first kappa shape index (κ1) is 16.2. The van der Waals surface area contributed by atoms with E-state index in [0.717, 1.165) is 18.7 Å². The van der Waals surface area contributed by atoms with Crippen molar-refractivity contribution in [1.82, 2.24) is 4.90 Å². The third-order valence-corrected chi connectivity index (χ3v) is 5.48. The number of halogens is 1. The molecule has 3 aliphatic rings. The van der Waals surface area contributed by atoms with Gasteiger partial charge in [0.05, 0.1) is 7.11 Å². The van der Waals surface area contributed by atoms with Crippen LogP contribution in [0.4, 0.5) is 5.69 Å². The second-order valence-corrected chi connectivity index (χ2v) is 6.53. The van der Waals surface area contributed by atoms with E-state index in [4.69, 9.17) is 4.74 Å². The maximum absolute atomic E-state index is 5.42. The molecule has 2 heterocycles. The quantitative estimate of drug-likeness (QED) is 0.710. The Hall–Kier alpha value is -1.71. The summed E-state index contributed by atoms with van der Waals surface area (Å²) in [5, 5.41) is 2.41. The van der Waals surface area contributed by atoms with Gasteiger partial charge < -0.3 is 27.4 Å². The Kier molecular flexibility index (Phi) is 4.03. The second kappa shape index (κ2) is 5.73. The Morgan fingerprint density at radius 3 is 2.78 bits per heavy atom. The molecular formula is C19H23ClN2O. The van der Waals surface area contributed by atoms with Crippen LogP contribution in [-0.2, 0) is 0 Å². The molecular weight excluding hydrogens is 308 g/mol. The molecule has 3 nitrogen and oxygen atoms in total. The van der Waals surface area contributed by atoms with Gasteiger partial charge in [-0.3, -0.25) is 0 Å². The molecule has 2 N–H and O–H groups in total. The van der Waals surface area contributed by atoms with E-state index < -0.39 is 0 Å². The molecule has 0 saturated heterocycles. The summed E-state index contributed by atoms with van der Waals surface area (Å²) in [5.41, 5.74) is 10.00. The van der Waals surface area contributed by atoms with Crippen molar-refractivity contribution in [2.45, 2.75) is 26.3 Å². The van der Waals surface area contributed by atoms with Crippen molar-refractivity contribution >= 4 is 11.3 Å². The van der Waals surface area contributed by atoms with Gasteiger partial charge in [-0.15, -0.1) is 0 Å². The molecule has 4 rings (SSSR count). The normalized spacial score (nSPS) is 22.2. The van der Waals surface area contributed by atoms with Crippen molar-refractivity contribution in [1.29, 1.82) is 0 Å². The summed E-state index contributed by atoms with van der Waals surface area (Å²) in [6.07, 6.45) is 3.57. The molecule has 2 aliphatic heterocycles. The van der Waals surface area contributed by atoms with Crippen molar-refractivity contribution in [2.75, 3.05) is 20.7 Å². The summed E-state index contributed by atoms with van der Waals surface area (Å²) in [5.74, 6) is 0.938. The lowest BCUT2D eigenvalue weighted by Crippen LogP contribution is -3.00. The number of fused-ring (bicyclic) bond motifs is 4. The van der Waals surface area contributed by atoms with Crippen molar-refractivity contribution < 1.29 is 22.5 Å². The lowest BCUT2D eigenvalue weighted by atomic mass is 9.80. The van der Waals surface area contributed by atoms with Gasteiger partial charge in [0.2, 0.25) is 0 Å². The van der Waals surface area contributed by atoms with Crippen molar-refractivity contribution in [3.63, 3.8) is 0 Å². The number of allylic oxidation sites excluding steroid dienone is 3. The standard InChI is InChI=1S/C19H22N2O.ClH/c1-11-14-7-8-21(3)12(2)15(14)10-17-16-9-13(22-4)5-6-18(16)20-19(11)17;/h5-6,9-10,19-20H,7-8H2,1-4H3;1H. The largest absolute Gasteiger partial charge is 1.00 e. The van der Waals surface area contributed by atoms with Crippen molar-refractivity contribution in [3.8, 4) is 5.75 Å². The van der Waals surface area contributed by atoms with E-state index in [1.807, 2.05) is 0 Å². The number of quaternary nitrogens is 1. The minimum absolute atomic E-state index is 0. The number of hydrogen-bond acceptors (Lipinski definition) is 2. The Morgan fingerprint density at radius 2 is 2.04 bits per heavy atom. The first-order valence-corrected chi connectivity index (χ1v) is 7.97. The number of rotatable bonds is 1. The third-order valence-electron chi connectivity index (χ3n) is 5.48. The van der Waals surface area contributed by atoms with Crippen molar-refractivity contribution in [2.24, 2.45) is 0 Å². The van der Waals surface area contributed by atoms with Crippen LogP contribution in [0, 0.1) is 0 Å². The van der Waals surface area contributed by atoms with Crippen LogP contribution in [0.1, 0.15) is 25.8 Å². The van der Waals surface area contributed by atoms with E-state index in [-0.39, 0.29) is 12.4 Å². The summed E-state index contributed by atoms with van der Waals surface area (Å²) in [6, 6.07) is 6.86. The van der Waals surface area contributed by atoms with Crippen LogP contribution >= 0.6 is 0 Å². The zero-order chi connectivity index (χ0) is 15.4. The number of nitrogens with two attached hydrogens (primary N) is 1. The van der Waals surface area contributed by atoms with Gasteiger partial charge in [-0.1, -0.05) is 0 Å². The topological polar surface area (TPSA) is 29.1 Å². The molecule has 1 unspecified atom stereocenters. The number of ether oxygens (including phenoxy) is 1. The smallest absolute Gasteiger partial charge is 0.139 e. The number of benzene rings is 1. The van der Waals surface area contributed by atoms with Crippen LogP contribution in [0.15, 0.2) is 46.7 Å². The van der Waals surface area contributed by atoms with Gasteiger partial charge in [0, 0.05) is 36.5 Å². The van der Waals surface area contributed by atoms with Crippen LogP contribution in [0.2, 0.25) is 0 Å². The lowest BCUT2D eigenvalue weighted by Gasteiger charge is -2.33. The van der Waals surface area contributed by atoms with E-state index in [1.54, 1.807) is 12.7 Å². The predicted molar refractivity (Wildman–Crippen MR) is 89.0 cm³/mol. The van der Waals surface area contributed by atoms with E-state index >= 15 is 0 Å². The van der Waals surface area contributed by atoms with Gasteiger partial charge in [-0.25, -0.2) is 0 Å². The highest BCUT2D eigenvalue weighted by Crippen LogP contribution is 2.43. The molecule has 122 valence electrons. The number of methoxy groups -OCH3 is 1. The minimum atomic E-state index is 0. The molecule has 1 aliphatic carbocycles. The number of nitrogens with zero attached hydrogens (tertiary/aromatic N) is 1. The van der Waals surface area contributed by atoms with Gasteiger partial charge in [-0.05, 0) is 55.2 Å². The first-order chi connectivity index (χ1) is 10.6. The molecule has 0 aromatic heterocycles. The second-order valence-electron chi connectivity index (χ2n) is 6.53. The van der Waals surface area contributed by atoms with Crippen LogP contribution in [0.3, 0.4) is 0 Å².